The van der Waals surface area contributed by atoms with Gasteiger partial charge in [-0.1, -0.05) is 48.6 Å². The van der Waals surface area contributed by atoms with Gasteiger partial charge in [-0.15, -0.1) is 0 Å². The first-order valence-corrected chi connectivity index (χ1v) is 7.71. The second kappa shape index (κ2) is 7.16. The topological polar surface area (TPSA) is 25.6 Å². The molecule has 3 nitrogen and oxygen atoms in total. The molecule has 0 saturated heterocycles. The van der Waals surface area contributed by atoms with Crippen molar-refractivity contribution in [2.75, 3.05) is 20.7 Å². The molecule has 0 bridgehead atoms. The zero-order chi connectivity index (χ0) is 16.1. The summed E-state index contributed by atoms with van der Waals surface area (Å²) in [7, 11) is 3.80. The molecule has 0 radical (unpaired) electrons. The first-order valence-electron chi connectivity index (χ1n) is 7.71. The van der Waals surface area contributed by atoms with E-state index in [1.807, 2.05) is 42.7 Å². The minimum absolute atomic E-state index is 0.854. The van der Waals surface area contributed by atoms with Gasteiger partial charge < -0.3 is 9.15 Å². The number of para-hydroxylation sites is 2. The van der Waals surface area contributed by atoms with Gasteiger partial charge in [-0.3, -0.25) is 4.90 Å². The summed E-state index contributed by atoms with van der Waals surface area (Å²) < 4.78 is 11.0. The van der Waals surface area contributed by atoms with Gasteiger partial charge in [0.15, 0.2) is 0 Å². The van der Waals surface area contributed by atoms with Crippen molar-refractivity contribution in [2.24, 2.45) is 0 Å². The summed E-state index contributed by atoms with van der Waals surface area (Å²) in [5.74, 6) is 0.896. The first kappa shape index (κ1) is 15.4. The lowest BCUT2D eigenvalue weighted by Gasteiger charge is -2.13. The molecule has 0 aliphatic rings. The number of ether oxygens (including phenoxy) is 1. The van der Waals surface area contributed by atoms with E-state index >= 15 is 0 Å². The molecule has 0 spiro atoms. The number of hydrogen-bond donors (Lipinski definition) is 0. The highest BCUT2D eigenvalue weighted by molar-refractivity contribution is 5.80. The molecule has 0 saturated carbocycles. The van der Waals surface area contributed by atoms with Gasteiger partial charge in [0.1, 0.15) is 11.3 Å². The molecule has 3 rings (SSSR count). The fourth-order valence-corrected chi connectivity index (χ4v) is 2.67. The molecule has 3 heteroatoms. The van der Waals surface area contributed by atoms with E-state index in [-0.39, 0.29) is 0 Å². The Bertz CT molecular complexity index is 804. The zero-order valence-corrected chi connectivity index (χ0v) is 13.5. The van der Waals surface area contributed by atoms with Crippen LogP contribution >= 0.6 is 0 Å². The van der Waals surface area contributed by atoms with Crippen LogP contribution in [-0.2, 0) is 6.54 Å². The number of likely N-dealkylation sites (N-methyl/N-ethyl adjacent to an activating group) is 1. The van der Waals surface area contributed by atoms with E-state index < -0.39 is 0 Å². The molecule has 0 aliphatic carbocycles. The monoisotopic (exact) mass is 307 g/mol. The molecule has 118 valence electrons. The maximum atomic E-state index is 5.59. The third kappa shape index (κ3) is 3.63. The summed E-state index contributed by atoms with van der Waals surface area (Å²) in [6, 6.07) is 16.2. The number of benzene rings is 2. The summed E-state index contributed by atoms with van der Waals surface area (Å²) in [6.07, 6.45) is 6.11. The number of methoxy groups -OCH3 is 1. The van der Waals surface area contributed by atoms with Crippen LogP contribution in [-0.4, -0.2) is 25.6 Å². The van der Waals surface area contributed by atoms with Gasteiger partial charge in [-0.2, -0.15) is 0 Å². The Morgan fingerprint density at radius 2 is 1.87 bits per heavy atom. The minimum atomic E-state index is 0.854. The van der Waals surface area contributed by atoms with Gasteiger partial charge in [-0.25, -0.2) is 0 Å². The van der Waals surface area contributed by atoms with E-state index in [9.17, 15) is 0 Å². The molecule has 0 fully saturated rings. The molecule has 0 N–H and O–H groups in total. The summed E-state index contributed by atoms with van der Waals surface area (Å²) in [4.78, 5) is 2.25. The SMILES string of the molecule is COc1ccccc1/C=C/CN(C)Cc1coc2ccccc12. The van der Waals surface area contributed by atoms with E-state index in [1.54, 1.807) is 7.11 Å². The Balaban J connectivity index is 1.63. The highest BCUT2D eigenvalue weighted by Gasteiger charge is 2.07. The molecular formula is C20H21NO2. The fraction of sp³-hybridized carbons (Fsp3) is 0.200. The number of furan rings is 1. The fourth-order valence-electron chi connectivity index (χ4n) is 2.67. The van der Waals surface area contributed by atoms with Crippen LogP contribution in [0.15, 0.2) is 65.3 Å². The standard InChI is InChI=1S/C20H21NO2/c1-21(13-7-9-16-8-3-5-11-19(16)22-2)14-17-15-23-20-12-6-4-10-18(17)20/h3-12,15H,13-14H2,1-2H3/b9-7+. The maximum absolute atomic E-state index is 5.59. The van der Waals surface area contributed by atoms with Crippen LogP contribution in [0.1, 0.15) is 11.1 Å². The van der Waals surface area contributed by atoms with E-state index in [2.05, 4.69) is 36.2 Å². The molecule has 3 aromatic rings. The van der Waals surface area contributed by atoms with Crippen molar-refractivity contribution in [1.29, 1.82) is 0 Å². The number of hydrogen-bond acceptors (Lipinski definition) is 3. The van der Waals surface area contributed by atoms with Crippen molar-refractivity contribution >= 4 is 17.0 Å². The predicted octanol–water partition coefficient (Wildman–Crippen LogP) is 4.59. The molecule has 1 aromatic heterocycles. The van der Waals surface area contributed by atoms with Crippen molar-refractivity contribution in [2.45, 2.75) is 6.54 Å². The lowest BCUT2D eigenvalue weighted by atomic mass is 10.1. The van der Waals surface area contributed by atoms with Crippen LogP contribution in [0.3, 0.4) is 0 Å². The van der Waals surface area contributed by atoms with Crippen LogP contribution in [0.25, 0.3) is 17.0 Å². The molecule has 23 heavy (non-hydrogen) atoms. The third-order valence-corrected chi connectivity index (χ3v) is 3.85. The van der Waals surface area contributed by atoms with Crippen LogP contribution < -0.4 is 4.74 Å². The smallest absolute Gasteiger partial charge is 0.134 e. The molecule has 0 unspecified atom stereocenters. The Morgan fingerprint density at radius 3 is 2.74 bits per heavy atom. The van der Waals surface area contributed by atoms with Crippen LogP contribution in [0.4, 0.5) is 0 Å². The van der Waals surface area contributed by atoms with Gasteiger partial charge in [-0.05, 0) is 19.2 Å². The summed E-state index contributed by atoms with van der Waals surface area (Å²) >= 11 is 0. The Labute approximate surface area is 136 Å². The number of fused-ring (bicyclic) bond motifs is 1. The van der Waals surface area contributed by atoms with Gasteiger partial charge >= 0.3 is 0 Å². The quantitative estimate of drug-likeness (QED) is 0.666. The molecular weight excluding hydrogens is 286 g/mol. The lowest BCUT2D eigenvalue weighted by molar-refractivity contribution is 0.363. The van der Waals surface area contributed by atoms with E-state index in [1.165, 1.54) is 10.9 Å². The van der Waals surface area contributed by atoms with Crippen LogP contribution in [0.5, 0.6) is 5.75 Å². The largest absolute Gasteiger partial charge is 0.496 e. The van der Waals surface area contributed by atoms with Gasteiger partial charge in [0.2, 0.25) is 0 Å². The maximum Gasteiger partial charge on any atom is 0.134 e. The molecule has 0 atom stereocenters. The van der Waals surface area contributed by atoms with Gasteiger partial charge in [0.25, 0.3) is 0 Å². The first-order chi connectivity index (χ1) is 11.3. The van der Waals surface area contributed by atoms with E-state index in [4.69, 9.17) is 9.15 Å². The summed E-state index contributed by atoms with van der Waals surface area (Å²) in [5.41, 5.74) is 3.26. The Hall–Kier alpha value is -2.52. The molecule has 2 aromatic carbocycles. The molecule has 0 aliphatic heterocycles. The van der Waals surface area contributed by atoms with E-state index in [0.29, 0.717) is 0 Å². The highest BCUT2D eigenvalue weighted by Crippen LogP contribution is 2.22. The zero-order valence-electron chi connectivity index (χ0n) is 13.5. The molecule has 1 heterocycles. The number of nitrogens with zero attached hydrogens (tertiary/aromatic N) is 1. The third-order valence-electron chi connectivity index (χ3n) is 3.85. The normalized spacial score (nSPS) is 11.6. The average molecular weight is 307 g/mol. The number of rotatable bonds is 6. The van der Waals surface area contributed by atoms with Crippen LogP contribution in [0, 0.1) is 0 Å². The highest BCUT2D eigenvalue weighted by atomic mass is 16.5. The van der Waals surface area contributed by atoms with Crippen molar-refractivity contribution in [3.63, 3.8) is 0 Å². The second-order valence-corrected chi connectivity index (χ2v) is 5.60. The Kier molecular flexibility index (Phi) is 4.79. The molecule has 0 amide bonds. The minimum Gasteiger partial charge on any atom is -0.496 e. The predicted molar refractivity (Wildman–Crippen MR) is 94.6 cm³/mol. The van der Waals surface area contributed by atoms with Gasteiger partial charge in [0.05, 0.1) is 13.4 Å². The Morgan fingerprint density at radius 1 is 1.09 bits per heavy atom. The van der Waals surface area contributed by atoms with Crippen molar-refractivity contribution in [1.82, 2.24) is 4.90 Å². The van der Waals surface area contributed by atoms with Crippen molar-refractivity contribution < 1.29 is 9.15 Å². The van der Waals surface area contributed by atoms with Gasteiger partial charge in [0, 0.05) is 29.6 Å². The summed E-state index contributed by atoms with van der Waals surface area (Å²) in [6.45, 7) is 1.71. The lowest BCUT2D eigenvalue weighted by Crippen LogP contribution is -2.17. The summed E-state index contributed by atoms with van der Waals surface area (Å²) in [5, 5.41) is 1.19. The van der Waals surface area contributed by atoms with E-state index in [0.717, 1.165) is 30.0 Å². The average Bonchev–Trinajstić information content (AvgIpc) is 2.98. The van der Waals surface area contributed by atoms with Crippen LogP contribution in [0.2, 0.25) is 0 Å². The van der Waals surface area contributed by atoms with Crippen molar-refractivity contribution in [3.8, 4) is 5.75 Å². The second-order valence-electron chi connectivity index (χ2n) is 5.60. The van der Waals surface area contributed by atoms with Crippen molar-refractivity contribution in [3.05, 3.63) is 72.0 Å².